The number of imidazole rings is 1. The summed E-state index contributed by atoms with van der Waals surface area (Å²) in [5.74, 6) is 0. The van der Waals surface area contributed by atoms with E-state index in [0.29, 0.717) is 6.04 Å². The maximum absolute atomic E-state index is 5.76. The molecular formula is C15H21ClN4. The van der Waals surface area contributed by atoms with Crippen LogP contribution in [0.4, 0.5) is 11.4 Å². The number of nitrogen functional groups attached to an aromatic ring is 1. The van der Waals surface area contributed by atoms with Crippen LogP contribution in [0.25, 0.3) is 0 Å². The summed E-state index contributed by atoms with van der Waals surface area (Å²) in [7, 11) is 2.06. The van der Waals surface area contributed by atoms with Gasteiger partial charge in [0.2, 0.25) is 6.33 Å². The van der Waals surface area contributed by atoms with E-state index in [1.54, 1.807) is 0 Å². The maximum Gasteiger partial charge on any atom is 0.243 e. The van der Waals surface area contributed by atoms with Crippen LogP contribution in [-0.2, 0) is 13.6 Å². The number of benzene rings is 1. The first-order chi connectivity index (χ1) is 9.22. The van der Waals surface area contributed by atoms with Crippen molar-refractivity contribution in [3.63, 3.8) is 0 Å². The highest BCUT2D eigenvalue weighted by Crippen LogP contribution is 2.27. The molecule has 1 saturated heterocycles. The molecule has 1 aromatic heterocycles. The van der Waals surface area contributed by atoms with E-state index in [0.717, 1.165) is 18.8 Å². The average molecular weight is 293 g/mol. The van der Waals surface area contributed by atoms with Gasteiger partial charge in [0.1, 0.15) is 18.9 Å². The molecule has 1 fully saturated rings. The van der Waals surface area contributed by atoms with E-state index in [-0.39, 0.29) is 12.4 Å². The smallest absolute Gasteiger partial charge is 0.243 e. The molecule has 5 heteroatoms. The monoisotopic (exact) mass is 292 g/mol. The molecule has 2 N–H and O–H groups in total. The topological polar surface area (TPSA) is 38.1 Å². The Labute approximate surface area is 126 Å². The molecule has 0 bridgehead atoms. The third-order valence-electron chi connectivity index (χ3n) is 3.85. The van der Waals surface area contributed by atoms with Crippen LogP contribution in [0.1, 0.15) is 12.8 Å². The van der Waals surface area contributed by atoms with Crippen LogP contribution < -0.4 is 27.6 Å². The van der Waals surface area contributed by atoms with Gasteiger partial charge in [-0.05, 0) is 37.1 Å². The zero-order valence-corrected chi connectivity index (χ0v) is 12.5. The summed E-state index contributed by atoms with van der Waals surface area (Å²) in [5.41, 5.74) is 7.88. The lowest BCUT2D eigenvalue weighted by Crippen LogP contribution is -3.00. The van der Waals surface area contributed by atoms with Gasteiger partial charge >= 0.3 is 0 Å². The summed E-state index contributed by atoms with van der Waals surface area (Å²) in [5, 5.41) is 0. The van der Waals surface area contributed by atoms with Gasteiger partial charge in [-0.1, -0.05) is 0 Å². The lowest BCUT2D eigenvalue weighted by molar-refractivity contribution is -0.671. The highest BCUT2D eigenvalue weighted by molar-refractivity contribution is 5.54. The average Bonchev–Trinajstić information content (AvgIpc) is 3.00. The quantitative estimate of drug-likeness (QED) is 0.556. The third-order valence-corrected chi connectivity index (χ3v) is 3.85. The Balaban J connectivity index is 0.00000147. The Hall–Kier alpha value is -1.68. The van der Waals surface area contributed by atoms with E-state index in [2.05, 4.69) is 51.9 Å². The summed E-state index contributed by atoms with van der Waals surface area (Å²) in [4.78, 5) is 2.50. The second-order valence-corrected chi connectivity index (χ2v) is 5.36. The highest BCUT2D eigenvalue weighted by atomic mass is 35.5. The first-order valence-corrected chi connectivity index (χ1v) is 6.85. The van der Waals surface area contributed by atoms with E-state index in [4.69, 9.17) is 5.73 Å². The summed E-state index contributed by atoms with van der Waals surface area (Å²) in [6, 6.07) is 8.81. The lowest BCUT2D eigenvalue weighted by Gasteiger charge is -2.25. The molecular weight excluding hydrogens is 272 g/mol. The molecule has 4 nitrogen and oxygen atoms in total. The molecule has 20 heavy (non-hydrogen) atoms. The van der Waals surface area contributed by atoms with Gasteiger partial charge in [0.25, 0.3) is 0 Å². The number of hydrogen-bond acceptors (Lipinski definition) is 2. The van der Waals surface area contributed by atoms with Crippen LogP contribution in [0.3, 0.4) is 0 Å². The van der Waals surface area contributed by atoms with Crippen molar-refractivity contribution in [1.82, 2.24) is 4.57 Å². The second kappa shape index (κ2) is 6.18. The molecule has 1 aliphatic rings. The van der Waals surface area contributed by atoms with Gasteiger partial charge in [0, 0.05) is 17.9 Å². The second-order valence-electron chi connectivity index (χ2n) is 5.36. The van der Waals surface area contributed by atoms with Gasteiger partial charge in [0.15, 0.2) is 0 Å². The minimum atomic E-state index is 0. The maximum atomic E-state index is 5.76. The minimum absolute atomic E-state index is 0. The predicted molar refractivity (Wildman–Crippen MR) is 76.8 cm³/mol. The molecule has 2 aromatic rings. The van der Waals surface area contributed by atoms with Gasteiger partial charge in [-0.15, -0.1) is 0 Å². The van der Waals surface area contributed by atoms with E-state index < -0.39 is 0 Å². The van der Waals surface area contributed by atoms with Crippen LogP contribution >= 0.6 is 0 Å². The predicted octanol–water partition coefficient (Wildman–Crippen LogP) is -1.43. The fourth-order valence-corrected chi connectivity index (χ4v) is 2.88. The summed E-state index contributed by atoms with van der Waals surface area (Å²) < 4.78 is 4.35. The molecule has 0 aliphatic carbocycles. The number of nitrogens with zero attached hydrogens (tertiary/aromatic N) is 3. The highest BCUT2D eigenvalue weighted by Gasteiger charge is 2.26. The van der Waals surface area contributed by atoms with Gasteiger partial charge in [-0.3, -0.25) is 0 Å². The standard InChI is InChI=1S/C15H21N4.ClH/c1-17-9-10-18(12-17)11-15-3-2-8-19(15)14-6-4-13(16)5-7-14;/h4-7,9-10,12,15H,2-3,8,11,16H2,1H3;1H/q+1;/p-1. The number of nitrogens with two attached hydrogens (primary N) is 1. The van der Waals surface area contributed by atoms with E-state index in [9.17, 15) is 0 Å². The Kier molecular flexibility index (Phi) is 4.55. The molecule has 0 spiro atoms. The fourth-order valence-electron chi connectivity index (χ4n) is 2.88. The van der Waals surface area contributed by atoms with Crippen molar-refractivity contribution in [2.24, 2.45) is 7.05 Å². The fraction of sp³-hybridized carbons (Fsp3) is 0.400. The molecule has 0 amide bonds. The Bertz CT molecular complexity index is 549. The van der Waals surface area contributed by atoms with Crippen molar-refractivity contribution in [3.8, 4) is 0 Å². The molecule has 108 valence electrons. The van der Waals surface area contributed by atoms with Crippen LogP contribution in [0.15, 0.2) is 43.0 Å². The number of hydrogen-bond donors (Lipinski definition) is 1. The van der Waals surface area contributed by atoms with Gasteiger partial charge in [-0.2, -0.15) is 0 Å². The van der Waals surface area contributed by atoms with Crippen molar-refractivity contribution >= 4 is 11.4 Å². The minimum Gasteiger partial charge on any atom is -1.00 e. The first kappa shape index (κ1) is 14.7. The van der Waals surface area contributed by atoms with Crippen LogP contribution in [-0.4, -0.2) is 17.2 Å². The zero-order chi connectivity index (χ0) is 13.2. The zero-order valence-electron chi connectivity index (χ0n) is 11.7. The molecule has 1 aliphatic heterocycles. The number of aromatic nitrogens is 2. The normalized spacial score (nSPS) is 18.1. The van der Waals surface area contributed by atoms with Crippen LogP contribution in [0.2, 0.25) is 0 Å². The van der Waals surface area contributed by atoms with E-state index in [1.165, 1.54) is 18.5 Å². The van der Waals surface area contributed by atoms with E-state index in [1.807, 2.05) is 12.1 Å². The summed E-state index contributed by atoms with van der Waals surface area (Å²) >= 11 is 0. The SMILES string of the molecule is C[n+]1ccn(CC2CCCN2c2ccc(N)cc2)c1.[Cl-]. The Morgan fingerprint density at radius 1 is 1.30 bits per heavy atom. The molecule has 1 unspecified atom stereocenters. The van der Waals surface area contributed by atoms with E-state index >= 15 is 0 Å². The summed E-state index contributed by atoms with van der Waals surface area (Å²) in [6.07, 6.45) is 8.89. The third kappa shape index (κ3) is 3.07. The van der Waals surface area contributed by atoms with Crippen molar-refractivity contribution in [3.05, 3.63) is 43.0 Å². The number of rotatable bonds is 3. The van der Waals surface area contributed by atoms with Crippen molar-refractivity contribution < 1.29 is 17.0 Å². The van der Waals surface area contributed by atoms with Gasteiger partial charge in [0.05, 0.1) is 13.1 Å². The molecule has 0 saturated carbocycles. The first-order valence-electron chi connectivity index (χ1n) is 6.85. The molecule has 1 aromatic carbocycles. The largest absolute Gasteiger partial charge is 1.00 e. The Morgan fingerprint density at radius 2 is 2.05 bits per heavy atom. The van der Waals surface area contributed by atoms with Gasteiger partial charge in [-0.25, -0.2) is 9.13 Å². The molecule has 2 heterocycles. The number of halogens is 1. The molecule has 0 radical (unpaired) electrons. The van der Waals surface area contributed by atoms with Crippen molar-refractivity contribution in [2.45, 2.75) is 25.4 Å². The van der Waals surface area contributed by atoms with Crippen LogP contribution in [0, 0.1) is 0 Å². The van der Waals surface area contributed by atoms with Crippen LogP contribution in [0.5, 0.6) is 0 Å². The molecule has 3 rings (SSSR count). The Morgan fingerprint density at radius 3 is 2.70 bits per heavy atom. The lowest BCUT2D eigenvalue weighted by atomic mass is 10.2. The molecule has 1 atom stereocenters. The number of aryl methyl sites for hydroxylation is 1. The number of anilines is 2. The van der Waals surface area contributed by atoms with Gasteiger partial charge < -0.3 is 23.0 Å². The van der Waals surface area contributed by atoms with Crippen molar-refractivity contribution in [2.75, 3.05) is 17.2 Å². The van der Waals surface area contributed by atoms with Crippen molar-refractivity contribution in [1.29, 1.82) is 0 Å². The summed E-state index contributed by atoms with van der Waals surface area (Å²) in [6.45, 7) is 2.19.